The van der Waals surface area contributed by atoms with Crippen molar-refractivity contribution >= 4 is 52.3 Å². The van der Waals surface area contributed by atoms with Crippen LogP contribution in [0.3, 0.4) is 0 Å². The summed E-state index contributed by atoms with van der Waals surface area (Å²) in [6, 6.07) is 7.23. The molecule has 39 heavy (non-hydrogen) atoms. The molecule has 9 nitrogen and oxygen atoms in total. The van der Waals surface area contributed by atoms with Crippen LogP contribution < -0.4 is 5.32 Å². The maximum absolute atomic E-state index is 13.4. The van der Waals surface area contributed by atoms with Crippen molar-refractivity contribution in [3.63, 3.8) is 0 Å². The maximum atomic E-state index is 13.4. The summed E-state index contributed by atoms with van der Waals surface area (Å²) >= 11 is 19.0. The zero-order chi connectivity index (χ0) is 27.7. The Morgan fingerprint density at radius 3 is 2.41 bits per heavy atom. The van der Waals surface area contributed by atoms with E-state index in [1.54, 1.807) is 29.8 Å². The molecule has 2 heterocycles. The average Bonchev–Trinajstić information content (AvgIpc) is 3.33. The van der Waals surface area contributed by atoms with Gasteiger partial charge in [-0.3, -0.25) is 9.48 Å². The minimum atomic E-state index is -0.517. The minimum absolute atomic E-state index is 0.0753. The topological polar surface area (TPSA) is 108 Å². The lowest BCUT2D eigenvalue weighted by molar-refractivity contribution is -0.389. The Labute approximate surface area is 240 Å². The van der Waals surface area contributed by atoms with Gasteiger partial charge in [0.2, 0.25) is 5.91 Å². The largest absolute Gasteiger partial charge is 0.408 e. The van der Waals surface area contributed by atoms with E-state index in [0.29, 0.717) is 46.4 Å². The van der Waals surface area contributed by atoms with Crippen LogP contribution in [0.5, 0.6) is 0 Å². The van der Waals surface area contributed by atoms with E-state index >= 15 is 0 Å². The van der Waals surface area contributed by atoms with Crippen LogP contribution in [0, 0.1) is 41.2 Å². The summed E-state index contributed by atoms with van der Waals surface area (Å²) in [7, 11) is 0. The van der Waals surface area contributed by atoms with Crippen molar-refractivity contribution < 1.29 is 9.72 Å². The van der Waals surface area contributed by atoms with Gasteiger partial charge in [-0.15, -0.1) is 0 Å². The van der Waals surface area contributed by atoms with Gasteiger partial charge in [-0.05, 0) is 86.7 Å². The molecule has 1 amide bonds. The van der Waals surface area contributed by atoms with Crippen LogP contribution in [0.2, 0.25) is 15.1 Å². The van der Waals surface area contributed by atoms with Gasteiger partial charge in [0.15, 0.2) is 10.8 Å². The molecule has 7 rings (SSSR count). The maximum Gasteiger partial charge on any atom is 0.408 e. The van der Waals surface area contributed by atoms with E-state index in [2.05, 4.69) is 15.5 Å². The summed E-state index contributed by atoms with van der Waals surface area (Å²) in [5, 5.41) is 24.8. The van der Waals surface area contributed by atoms with Crippen LogP contribution in [0.25, 0.3) is 0 Å². The number of rotatable bonds is 7. The molecule has 4 aliphatic rings. The van der Waals surface area contributed by atoms with Gasteiger partial charge in [0.25, 0.3) is 0 Å². The summed E-state index contributed by atoms with van der Waals surface area (Å²) in [6.07, 6.45) is 6.05. The number of hydrogen-bond donors (Lipinski definition) is 1. The summed E-state index contributed by atoms with van der Waals surface area (Å²) in [5.74, 6) is 1.05. The molecule has 2 unspecified atom stereocenters. The molecule has 0 saturated heterocycles. The fourth-order valence-corrected chi connectivity index (χ4v) is 8.70. The van der Waals surface area contributed by atoms with Crippen LogP contribution in [-0.2, 0) is 16.9 Å². The van der Waals surface area contributed by atoms with Gasteiger partial charge in [0.1, 0.15) is 0 Å². The first-order valence-corrected chi connectivity index (χ1v) is 14.3. The summed E-state index contributed by atoms with van der Waals surface area (Å²) in [4.78, 5) is 24.4. The van der Waals surface area contributed by atoms with Gasteiger partial charge in [-0.1, -0.05) is 40.9 Å². The summed E-state index contributed by atoms with van der Waals surface area (Å²) in [6.45, 7) is 4.12. The molecule has 4 saturated carbocycles. The van der Waals surface area contributed by atoms with E-state index < -0.39 is 4.92 Å². The zero-order valence-electron chi connectivity index (χ0n) is 21.7. The highest BCUT2D eigenvalue weighted by Gasteiger charge is 2.60. The number of hydrogen-bond acceptors (Lipinski definition) is 5. The number of nitro groups is 1. The number of carbonyl (C=O) groups excluding carboxylic acids is 1. The Bertz CT molecular complexity index is 1460. The van der Waals surface area contributed by atoms with Crippen LogP contribution in [0.4, 0.5) is 11.6 Å². The van der Waals surface area contributed by atoms with Crippen molar-refractivity contribution in [1.29, 1.82) is 0 Å². The van der Waals surface area contributed by atoms with Gasteiger partial charge in [-0.2, -0.15) is 9.78 Å². The molecule has 1 N–H and O–H groups in total. The third-order valence-corrected chi connectivity index (χ3v) is 10.1. The molecule has 2 aromatic heterocycles. The molecule has 4 bridgehead atoms. The third-order valence-electron chi connectivity index (χ3n) is 8.95. The van der Waals surface area contributed by atoms with Gasteiger partial charge < -0.3 is 15.4 Å². The van der Waals surface area contributed by atoms with E-state index in [-0.39, 0.29) is 27.7 Å². The fourth-order valence-electron chi connectivity index (χ4n) is 8.00. The Morgan fingerprint density at radius 1 is 1.13 bits per heavy atom. The second-order valence-corrected chi connectivity index (χ2v) is 13.0. The van der Waals surface area contributed by atoms with E-state index in [0.717, 1.165) is 49.8 Å². The summed E-state index contributed by atoms with van der Waals surface area (Å²) < 4.78 is 3.60. The van der Waals surface area contributed by atoms with Crippen molar-refractivity contribution in [2.24, 2.45) is 17.3 Å². The van der Waals surface area contributed by atoms with Crippen molar-refractivity contribution in [2.75, 3.05) is 5.32 Å². The molecule has 206 valence electrons. The standard InChI is InChI=1S/C27H29Cl3N6O3/c1-15-6-22(32-34(15)13-19-20(28)4-3-5-21(19)29)31-23(37)12-26-8-17-7-18(9-26)11-27(10-17,14-26)35-16(2)24(30)25(33-35)36(38)39/h3-6,17-18H,7-14H2,1-2H3,(H,31,32,37). The highest BCUT2D eigenvalue weighted by Crippen LogP contribution is 2.65. The number of amides is 1. The molecule has 0 radical (unpaired) electrons. The molecule has 0 spiro atoms. The summed E-state index contributed by atoms with van der Waals surface area (Å²) in [5.41, 5.74) is 1.75. The highest BCUT2D eigenvalue weighted by atomic mass is 35.5. The van der Waals surface area contributed by atoms with Gasteiger partial charge >= 0.3 is 5.82 Å². The first kappa shape index (κ1) is 26.6. The second-order valence-electron chi connectivity index (χ2n) is 11.8. The number of aryl methyl sites for hydroxylation is 1. The lowest BCUT2D eigenvalue weighted by atomic mass is 9.46. The van der Waals surface area contributed by atoms with Gasteiger partial charge in [-0.25, -0.2) is 0 Å². The number of carbonyl (C=O) groups is 1. The molecule has 12 heteroatoms. The number of benzene rings is 1. The fraction of sp³-hybridized carbons (Fsp3) is 0.519. The Balaban J connectivity index is 1.21. The van der Waals surface area contributed by atoms with E-state index in [9.17, 15) is 14.9 Å². The molecular formula is C27H29Cl3N6O3. The number of anilines is 1. The smallest absolute Gasteiger partial charge is 0.358 e. The third kappa shape index (κ3) is 4.62. The Kier molecular flexibility index (Phi) is 6.47. The van der Waals surface area contributed by atoms with Gasteiger partial charge in [0, 0.05) is 33.8 Å². The first-order valence-electron chi connectivity index (χ1n) is 13.1. The number of halogens is 3. The lowest BCUT2D eigenvalue weighted by Gasteiger charge is -2.61. The molecule has 1 aromatic carbocycles. The van der Waals surface area contributed by atoms with E-state index in [1.807, 2.05) is 17.7 Å². The van der Waals surface area contributed by atoms with Crippen LogP contribution >= 0.6 is 34.8 Å². The van der Waals surface area contributed by atoms with E-state index in [4.69, 9.17) is 34.8 Å². The zero-order valence-corrected chi connectivity index (χ0v) is 24.0. The number of nitrogens with one attached hydrogen (secondary N) is 1. The number of nitrogens with zero attached hydrogens (tertiary/aromatic N) is 5. The lowest BCUT2D eigenvalue weighted by Crippen LogP contribution is -2.57. The molecule has 4 fully saturated rings. The van der Waals surface area contributed by atoms with Crippen LogP contribution in [-0.4, -0.2) is 30.4 Å². The average molecular weight is 592 g/mol. The number of aromatic nitrogens is 4. The van der Waals surface area contributed by atoms with Crippen molar-refractivity contribution in [1.82, 2.24) is 19.6 Å². The van der Waals surface area contributed by atoms with Crippen molar-refractivity contribution in [2.45, 2.75) is 70.9 Å². The van der Waals surface area contributed by atoms with Gasteiger partial charge in [0.05, 0.1) is 22.9 Å². The monoisotopic (exact) mass is 590 g/mol. The normalized spacial score (nSPS) is 27.2. The van der Waals surface area contributed by atoms with Crippen molar-refractivity contribution in [3.8, 4) is 0 Å². The highest BCUT2D eigenvalue weighted by molar-refractivity contribution is 6.36. The SMILES string of the molecule is Cc1cc(NC(=O)CC23CC4CC(C2)CC(n2nc([N+](=O)[O-])c(Cl)c2C)(C4)C3)nn1Cc1c(Cl)cccc1Cl. The van der Waals surface area contributed by atoms with Crippen molar-refractivity contribution in [3.05, 3.63) is 66.4 Å². The second kappa shape index (κ2) is 9.49. The molecule has 4 aliphatic carbocycles. The molecule has 2 atom stereocenters. The quantitative estimate of drug-likeness (QED) is 0.237. The predicted molar refractivity (Wildman–Crippen MR) is 149 cm³/mol. The predicted octanol–water partition coefficient (Wildman–Crippen LogP) is 6.94. The molecule has 3 aromatic rings. The Hall–Kier alpha value is -2.62. The first-order chi connectivity index (χ1) is 18.5. The molecule has 0 aliphatic heterocycles. The van der Waals surface area contributed by atoms with Crippen LogP contribution in [0.1, 0.15) is 61.9 Å². The van der Waals surface area contributed by atoms with Crippen LogP contribution in [0.15, 0.2) is 24.3 Å². The van der Waals surface area contributed by atoms with E-state index in [1.165, 1.54) is 0 Å². The molecular weight excluding hydrogens is 563 g/mol. The minimum Gasteiger partial charge on any atom is -0.358 e. The Morgan fingerprint density at radius 2 is 1.79 bits per heavy atom.